The number of rotatable bonds is 7. The van der Waals surface area contributed by atoms with Crippen molar-refractivity contribution < 1.29 is 4.79 Å². The highest BCUT2D eigenvalue weighted by Gasteiger charge is 2.21. The number of benzene rings is 2. The molecule has 1 N–H and O–H groups in total. The van der Waals surface area contributed by atoms with E-state index in [1.165, 1.54) is 11.1 Å². The van der Waals surface area contributed by atoms with Crippen molar-refractivity contribution in [1.29, 1.82) is 0 Å². The Morgan fingerprint density at radius 3 is 2.38 bits per heavy atom. The predicted octanol–water partition coefficient (Wildman–Crippen LogP) is 3.40. The number of nitrogens with zero attached hydrogens (tertiary/aromatic N) is 4. The summed E-state index contributed by atoms with van der Waals surface area (Å²) >= 11 is 0. The van der Waals surface area contributed by atoms with Crippen LogP contribution in [0.4, 0.5) is 0 Å². The Hall–Kier alpha value is -3.67. The van der Waals surface area contributed by atoms with Gasteiger partial charge in [0.05, 0.1) is 6.54 Å². The molecular formula is C23H23N5O. The van der Waals surface area contributed by atoms with Gasteiger partial charge in [-0.1, -0.05) is 65.4 Å². The average molecular weight is 385 g/mol. The molecule has 0 fully saturated rings. The Bertz CT molecular complexity index is 1070. The molecule has 146 valence electrons. The second-order valence-electron chi connectivity index (χ2n) is 6.99. The van der Waals surface area contributed by atoms with E-state index in [0.29, 0.717) is 24.6 Å². The Morgan fingerprint density at radius 1 is 0.931 bits per heavy atom. The van der Waals surface area contributed by atoms with Gasteiger partial charge < -0.3 is 9.88 Å². The van der Waals surface area contributed by atoms with Gasteiger partial charge in [-0.15, -0.1) is 5.10 Å². The van der Waals surface area contributed by atoms with Crippen LogP contribution in [0.1, 0.15) is 27.2 Å². The lowest BCUT2D eigenvalue weighted by Crippen LogP contribution is -2.27. The van der Waals surface area contributed by atoms with E-state index < -0.39 is 0 Å². The minimum atomic E-state index is -0.222. The van der Waals surface area contributed by atoms with E-state index in [9.17, 15) is 4.79 Å². The molecule has 0 saturated carbocycles. The SMILES string of the molecule is Cc1ccc(Cn2nnc(C(=O)NCCc3ccccc3)c2-n2cccc2)cc1. The summed E-state index contributed by atoms with van der Waals surface area (Å²) in [7, 11) is 0. The first-order chi connectivity index (χ1) is 14.2. The third-order valence-corrected chi connectivity index (χ3v) is 4.77. The summed E-state index contributed by atoms with van der Waals surface area (Å²) in [5, 5.41) is 11.4. The van der Waals surface area contributed by atoms with Crippen molar-refractivity contribution in [2.45, 2.75) is 19.9 Å². The van der Waals surface area contributed by atoms with E-state index in [4.69, 9.17) is 0 Å². The first-order valence-corrected chi connectivity index (χ1v) is 9.65. The maximum atomic E-state index is 12.8. The highest BCUT2D eigenvalue weighted by molar-refractivity contribution is 5.95. The summed E-state index contributed by atoms with van der Waals surface area (Å²) in [4.78, 5) is 12.8. The molecule has 29 heavy (non-hydrogen) atoms. The van der Waals surface area contributed by atoms with Crippen LogP contribution >= 0.6 is 0 Å². The predicted molar refractivity (Wildman–Crippen MR) is 112 cm³/mol. The molecule has 0 aliphatic carbocycles. The van der Waals surface area contributed by atoms with Crippen LogP contribution < -0.4 is 5.32 Å². The fraction of sp³-hybridized carbons (Fsp3) is 0.174. The number of carbonyl (C=O) groups excluding carboxylic acids is 1. The summed E-state index contributed by atoms with van der Waals surface area (Å²) in [5.41, 5.74) is 3.81. The van der Waals surface area contributed by atoms with Gasteiger partial charge in [0.15, 0.2) is 11.5 Å². The molecule has 4 rings (SSSR count). The molecule has 0 aliphatic heterocycles. The van der Waals surface area contributed by atoms with Crippen molar-refractivity contribution >= 4 is 5.91 Å². The lowest BCUT2D eigenvalue weighted by Gasteiger charge is -2.10. The molecule has 0 atom stereocenters. The highest BCUT2D eigenvalue weighted by atomic mass is 16.2. The molecule has 4 aromatic rings. The van der Waals surface area contributed by atoms with E-state index in [1.807, 2.05) is 47.3 Å². The molecule has 0 unspecified atom stereocenters. The van der Waals surface area contributed by atoms with Crippen molar-refractivity contribution in [3.8, 4) is 5.82 Å². The quantitative estimate of drug-likeness (QED) is 0.530. The van der Waals surface area contributed by atoms with Crippen LogP contribution in [0.25, 0.3) is 5.82 Å². The van der Waals surface area contributed by atoms with Gasteiger partial charge in [-0.25, -0.2) is 4.68 Å². The Labute approximate surface area is 169 Å². The van der Waals surface area contributed by atoms with Gasteiger partial charge in [-0.3, -0.25) is 4.79 Å². The second kappa shape index (κ2) is 8.56. The van der Waals surface area contributed by atoms with Gasteiger partial charge in [0.2, 0.25) is 0 Å². The summed E-state index contributed by atoms with van der Waals surface area (Å²) < 4.78 is 3.64. The Kier molecular flexibility index (Phi) is 5.52. The molecule has 2 aromatic carbocycles. The normalized spacial score (nSPS) is 10.8. The van der Waals surface area contributed by atoms with Crippen LogP contribution in [0.2, 0.25) is 0 Å². The minimum absolute atomic E-state index is 0.222. The molecule has 6 heteroatoms. The molecule has 2 aromatic heterocycles. The van der Waals surface area contributed by atoms with Crippen LogP contribution in [0.3, 0.4) is 0 Å². The zero-order chi connectivity index (χ0) is 20.1. The maximum Gasteiger partial charge on any atom is 0.275 e. The van der Waals surface area contributed by atoms with Crippen LogP contribution in [-0.2, 0) is 13.0 Å². The monoisotopic (exact) mass is 385 g/mol. The van der Waals surface area contributed by atoms with E-state index in [-0.39, 0.29) is 5.91 Å². The summed E-state index contributed by atoms with van der Waals surface area (Å²) in [5.74, 6) is 0.438. The molecule has 2 heterocycles. The largest absolute Gasteiger partial charge is 0.350 e. The van der Waals surface area contributed by atoms with E-state index in [1.54, 1.807) is 4.68 Å². The fourth-order valence-electron chi connectivity index (χ4n) is 3.21. The lowest BCUT2D eigenvalue weighted by atomic mass is 10.1. The van der Waals surface area contributed by atoms with Crippen LogP contribution in [-0.4, -0.2) is 32.0 Å². The van der Waals surface area contributed by atoms with E-state index in [2.05, 4.69) is 59.0 Å². The number of amides is 1. The first-order valence-electron chi connectivity index (χ1n) is 9.65. The first kappa shape index (κ1) is 18.7. The van der Waals surface area contributed by atoms with Crippen LogP contribution in [0, 0.1) is 6.92 Å². The minimum Gasteiger partial charge on any atom is -0.350 e. The van der Waals surface area contributed by atoms with Gasteiger partial charge in [0.25, 0.3) is 5.91 Å². The Balaban J connectivity index is 1.54. The standard InChI is InChI=1S/C23H23N5O/c1-18-9-11-20(12-10-18)17-28-23(27-15-5-6-16-27)21(25-26-28)22(29)24-14-13-19-7-3-2-4-8-19/h2-12,15-16H,13-14,17H2,1H3,(H,24,29). The van der Waals surface area contributed by atoms with Crippen LogP contribution in [0.15, 0.2) is 79.1 Å². The Morgan fingerprint density at radius 2 is 1.66 bits per heavy atom. The third-order valence-electron chi connectivity index (χ3n) is 4.77. The number of hydrogen-bond acceptors (Lipinski definition) is 3. The number of nitrogens with one attached hydrogen (secondary N) is 1. The van der Waals surface area contributed by atoms with Crippen molar-refractivity contribution in [3.05, 3.63) is 102 Å². The van der Waals surface area contributed by atoms with E-state index in [0.717, 1.165) is 12.0 Å². The number of hydrogen-bond donors (Lipinski definition) is 1. The smallest absolute Gasteiger partial charge is 0.275 e. The molecule has 1 amide bonds. The number of aryl methyl sites for hydroxylation is 1. The molecule has 0 aliphatic rings. The third kappa shape index (κ3) is 4.43. The fourth-order valence-corrected chi connectivity index (χ4v) is 3.21. The molecule has 0 saturated heterocycles. The molecule has 6 nitrogen and oxygen atoms in total. The molecule has 0 radical (unpaired) electrons. The number of carbonyl (C=O) groups is 1. The molecule has 0 spiro atoms. The van der Waals surface area contributed by atoms with Crippen LogP contribution in [0.5, 0.6) is 0 Å². The average Bonchev–Trinajstić information content (AvgIpc) is 3.40. The zero-order valence-corrected chi connectivity index (χ0v) is 16.3. The van der Waals surface area contributed by atoms with Gasteiger partial charge in [-0.2, -0.15) is 0 Å². The van der Waals surface area contributed by atoms with Crippen molar-refractivity contribution in [2.75, 3.05) is 6.54 Å². The van der Waals surface area contributed by atoms with Gasteiger partial charge in [0, 0.05) is 18.9 Å². The summed E-state index contributed by atoms with van der Waals surface area (Å²) in [6.07, 6.45) is 4.55. The van der Waals surface area contributed by atoms with Crippen molar-refractivity contribution in [3.63, 3.8) is 0 Å². The second-order valence-corrected chi connectivity index (χ2v) is 6.99. The summed E-state index contributed by atoms with van der Waals surface area (Å²) in [6, 6.07) is 22.2. The zero-order valence-electron chi connectivity index (χ0n) is 16.3. The molecule has 0 bridgehead atoms. The topological polar surface area (TPSA) is 64.7 Å². The van der Waals surface area contributed by atoms with Crippen molar-refractivity contribution in [2.24, 2.45) is 0 Å². The van der Waals surface area contributed by atoms with Gasteiger partial charge in [0.1, 0.15) is 0 Å². The number of aromatic nitrogens is 4. The maximum absolute atomic E-state index is 12.8. The van der Waals surface area contributed by atoms with E-state index >= 15 is 0 Å². The highest BCUT2D eigenvalue weighted by Crippen LogP contribution is 2.15. The lowest BCUT2D eigenvalue weighted by molar-refractivity contribution is 0.0949. The van der Waals surface area contributed by atoms with Gasteiger partial charge in [-0.05, 0) is 36.6 Å². The van der Waals surface area contributed by atoms with Crippen molar-refractivity contribution in [1.82, 2.24) is 24.9 Å². The molecular weight excluding hydrogens is 362 g/mol. The summed E-state index contributed by atoms with van der Waals surface area (Å²) in [6.45, 7) is 3.14. The van der Waals surface area contributed by atoms with Gasteiger partial charge >= 0.3 is 0 Å².